The zero-order valence-electron chi connectivity index (χ0n) is 33.0. The van der Waals surface area contributed by atoms with Gasteiger partial charge in [-0.05, 0) is 75.2 Å². The average molecular weight is 831 g/mol. The Morgan fingerprint density at radius 2 is 1.13 bits per heavy atom. The van der Waals surface area contributed by atoms with Crippen LogP contribution >= 0.6 is 0 Å². The molecule has 0 radical (unpaired) electrons. The van der Waals surface area contributed by atoms with Crippen LogP contribution in [-0.4, -0.2) is 114 Å². The number of nitrogens with zero attached hydrogens (tertiary/aromatic N) is 14. The molecule has 0 spiro atoms. The molecule has 1 amide bonds. The fourth-order valence-corrected chi connectivity index (χ4v) is 7.05. The van der Waals surface area contributed by atoms with E-state index in [9.17, 15) is 18.4 Å². The minimum Gasteiger partial charge on any atom is -0.475 e. The Morgan fingerprint density at radius 1 is 0.672 bits per heavy atom. The standard InChI is InChI=1S/C20H19FN8O.C10H8FN3O2.C10H13N5/c1-13-24-17(26-29(13)16-4-2-14(21)3-5-16)20(30)25-15-6-9-28(12-15)19-18-22-7-10-27(18)11-8-23-19;1-6-12-9(10(15)16)13-14(6)8-4-2-7(11)3-5-8;11-8-1-4-15(7-8)10-9-12-2-5-14(9)6-3-13-10/h2-5,7-8,10-11,15H,6,9,12H2,1H3,(H,25,30);2-5H,1H3,(H,15,16);2-3,5-6,8H,1,4,7,11H2/t15-;;8-/m0.0/s1. The summed E-state index contributed by atoms with van der Waals surface area (Å²) in [4.78, 5) is 53.2. The second-order valence-electron chi connectivity index (χ2n) is 14.3. The van der Waals surface area contributed by atoms with Gasteiger partial charge in [0.05, 0.1) is 11.4 Å². The molecule has 8 heterocycles. The summed E-state index contributed by atoms with van der Waals surface area (Å²) in [5.41, 5.74) is 8.80. The first-order valence-electron chi connectivity index (χ1n) is 19.2. The Kier molecular flexibility index (Phi) is 11.4. The normalized spacial score (nSPS) is 16.0. The van der Waals surface area contributed by atoms with E-state index in [2.05, 4.69) is 55.2 Å². The number of aromatic carboxylic acids is 1. The fourth-order valence-electron chi connectivity index (χ4n) is 7.05. The number of imidazole rings is 2. The molecule has 4 N–H and O–H groups in total. The van der Waals surface area contributed by atoms with Crippen LogP contribution in [0.1, 0.15) is 45.7 Å². The number of carboxylic acid groups (broad SMARTS) is 1. The third kappa shape index (κ3) is 8.85. The zero-order valence-corrected chi connectivity index (χ0v) is 33.0. The van der Waals surface area contributed by atoms with Crippen molar-refractivity contribution in [1.82, 2.24) is 63.6 Å². The lowest BCUT2D eigenvalue weighted by Gasteiger charge is -2.18. The maximum absolute atomic E-state index is 13.2. The number of hydrogen-bond acceptors (Lipinski definition) is 13. The molecule has 312 valence electrons. The minimum atomic E-state index is -1.19. The van der Waals surface area contributed by atoms with Crippen molar-refractivity contribution in [2.45, 2.75) is 38.8 Å². The highest BCUT2D eigenvalue weighted by Crippen LogP contribution is 2.23. The van der Waals surface area contributed by atoms with E-state index < -0.39 is 5.97 Å². The quantitative estimate of drug-likeness (QED) is 0.210. The van der Waals surface area contributed by atoms with E-state index in [0.717, 1.165) is 55.4 Å². The number of hydrogen-bond donors (Lipinski definition) is 3. The Morgan fingerprint density at radius 3 is 1.61 bits per heavy atom. The number of aromatic nitrogens is 12. The predicted octanol–water partition coefficient (Wildman–Crippen LogP) is 3.45. The van der Waals surface area contributed by atoms with Crippen molar-refractivity contribution in [3.8, 4) is 11.4 Å². The van der Waals surface area contributed by atoms with Gasteiger partial charge in [-0.1, -0.05) is 0 Å². The molecule has 2 atom stereocenters. The van der Waals surface area contributed by atoms with Crippen molar-refractivity contribution in [1.29, 1.82) is 0 Å². The Balaban J connectivity index is 0.000000139. The first kappa shape index (κ1) is 40.1. The molecule has 19 nitrogen and oxygen atoms in total. The van der Waals surface area contributed by atoms with E-state index >= 15 is 0 Å². The van der Waals surface area contributed by atoms with Crippen molar-refractivity contribution in [2.24, 2.45) is 5.73 Å². The third-order valence-electron chi connectivity index (χ3n) is 10.0. The number of carbonyl (C=O) groups is 2. The number of rotatable bonds is 7. The smallest absolute Gasteiger partial charge is 0.375 e. The number of nitrogens with two attached hydrogens (primary N) is 1. The van der Waals surface area contributed by atoms with Gasteiger partial charge in [-0.3, -0.25) is 4.79 Å². The van der Waals surface area contributed by atoms with Gasteiger partial charge in [0.2, 0.25) is 5.82 Å². The van der Waals surface area contributed by atoms with Gasteiger partial charge < -0.3 is 34.8 Å². The number of aryl methyl sites for hydroxylation is 2. The topological polar surface area (TPSA) is 221 Å². The first-order chi connectivity index (χ1) is 29.5. The number of fused-ring (bicyclic) bond motifs is 2. The number of amides is 1. The van der Waals surface area contributed by atoms with Gasteiger partial charge >= 0.3 is 5.97 Å². The van der Waals surface area contributed by atoms with E-state index in [4.69, 9.17) is 10.8 Å². The van der Waals surface area contributed by atoms with Crippen LogP contribution in [0.3, 0.4) is 0 Å². The first-order valence-corrected chi connectivity index (χ1v) is 19.2. The van der Waals surface area contributed by atoms with E-state index in [-0.39, 0.29) is 41.3 Å². The summed E-state index contributed by atoms with van der Waals surface area (Å²) in [5.74, 6) is 0.316. The lowest BCUT2D eigenvalue weighted by molar-refractivity contribution is 0.0683. The van der Waals surface area contributed by atoms with Gasteiger partial charge in [0, 0.05) is 87.8 Å². The second-order valence-corrected chi connectivity index (χ2v) is 14.3. The van der Waals surface area contributed by atoms with Gasteiger partial charge in [-0.15, -0.1) is 10.2 Å². The summed E-state index contributed by atoms with van der Waals surface area (Å²) in [6.07, 6.45) is 16.4. The van der Waals surface area contributed by atoms with Crippen molar-refractivity contribution < 1.29 is 23.5 Å². The van der Waals surface area contributed by atoms with Crippen molar-refractivity contribution in [2.75, 3.05) is 36.0 Å². The lowest BCUT2D eigenvalue weighted by atomic mass is 10.2. The largest absolute Gasteiger partial charge is 0.475 e. The van der Waals surface area contributed by atoms with Crippen LogP contribution in [0.25, 0.3) is 22.7 Å². The zero-order chi connectivity index (χ0) is 42.6. The molecule has 61 heavy (non-hydrogen) atoms. The van der Waals surface area contributed by atoms with Gasteiger partial charge in [0.25, 0.3) is 11.7 Å². The van der Waals surface area contributed by atoms with E-state index in [1.165, 1.54) is 45.8 Å². The van der Waals surface area contributed by atoms with Crippen molar-refractivity contribution in [3.05, 3.63) is 133 Å². The molecule has 0 aliphatic carbocycles. The van der Waals surface area contributed by atoms with E-state index in [1.807, 2.05) is 33.6 Å². The maximum Gasteiger partial charge on any atom is 0.375 e. The molecular weight excluding hydrogens is 791 g/mol. The highest BCUT2D eigenvalue weighted by molar-refractivity contribution is 5.90. The fraction of sp³-hybridized carbons (Fsp3) is 0.250. The molecule has 2 saturated heterocycles. The molecule has 2 fully saturated rings. The molecule has 0 bridgehead atoms. The minimum absolute atomic E-state index is 0.0485. The molecule has 21 heteroatoms. The number of anilines is 2. The maximum atomic E-state index is 13.2. The summed E-state index contributed by atoms with van der Waals surface area (Å²) >= 11 is 0. The summed E-state index contributed by atoms with van der Waals surface area (Å²) in [7, 11) is 0. The highest BCUT2D eigenvalue weighted by atomic mass is 19.1. The Hall–Kier alpha value is -7.68. The summed E-state index contributed by atoms with van der Waals surface area (Å²) in [6.45, 7) is 6.62. The second kappa shape index (κ2) is 17.3. The number of nitrogens with one attached hydrogen (secondary N) is 1. The molecule has 8 aromatic rings. The van der Waals surface area contributed by atoms with Crippen molar-refractivity contribution in [3.63, 3.8) is 0 Å². The van der Waals surface area contributed by atoms with Crippen LogP contribution < -0.4 is 20.9 Å². The monoisotopic (exact) mass is 830 g/mol. The number of carbonyl (C=O) groups excluding carboxylic acids is 1. The van der Waals surface area contributed by atoms with Crippen LogP contribution in [0.4, 0.5) is 20.4 Å². The van der Waals surface area contributed by atoms with Gasteiger partial charge in [0.15, 0.2) is 22.9 Å². The van der Waals surface area contributed by atoms with Crippen LogP contribution in [0.2, 0.25) is 0 Å². The van der Waals surface area contributed by atoms with Crippen molar-refractivity contribution >= 4 is 34.8 Å². The number of benzene rings is 2. The molecule has 10 rings (SSSR count). The lowest BCUT2D eigenvalue weighted by Crippen LogP contribution is -2.37. The number of halogens is 2. The highest BCUT2D eigenvalue weighted by Gasteiger charge is 2.28. The Bertz CT molecular complexity index is 2800. The van der Waals surface area contributed by atoms with Crippen LogP contribution in [0.5, 0.6) is 0 Å². The van der Waals surface area contributed by atoms with Crippen LogP contribution in [0.15, 0.2) is 98.1 Å². The average Bonchev–Trinajstić information content (AvgIpc) is 4.12. The summed E-state index contributed by atoms with van der Waals surface area (Å²) < 4.78 is 32.6. The summed E-state index contributed by atoms with van der Waals surface area (Å²) in [6, 6.07) is 11.6. The molecular formula is C40H40F2N16O3. The van der Waals surface area contributed by atoms with Gasteiger partial charge in [-0.2, -0.15) is 0 Å². The molecule has 2 aliphatic rings. The number of carboxylic acids is 1. The SMILES string of the molecule is Cc1nc(C(=O)N[C@H]2CCN(c3nccn4ccnc34)C2)nn1-c1ccc(F)cc1.Cc1nc(C(=O)O)nn1-c1ccc(F)cc1.N[C@H]1CCN(c2nccn3ccnc23)C1. The van der Waals surface area contributed by atoms with Crippen LogP contribution in [0, 0.1) is 25.5 Å². The third-order valence-corrected chi connectivity index (χ3v) is 10.0. The van der Waals surface area contributed by atoms with E-state index in [1.54, 1.807) is 50.8 Å². The summed E-state index contributed by atoms with van der Waals surface area (Å²) in [5, 5.41) is 19.8. The van der Waals surface area contributed by atoms with Gasteiger partial charge in [-0.25, -0.2) is 52.8 Å². The van der Waals surface area contributed by atoms with Gasteiger partial charge in [0.1, 0.15) is 23.3 Å². The van der Waals surface area contributed by atoms with E-state index in [0.29, 0.717) is 29.6 Å². The molecule has 0 unspecified atom stereocenters. The molecule has 0 saturated carbocycles. The molecule has 6 aromatic heterocycles. The Labute approximate surface area is 346 Å². The molecule has 2 aromatic carbocycles. The molecule has 2 aliphatic heterocycles. The predicted molar refractivity (Wildman–Crippen MR) is 218 cm³/mol. The van der Waals surface area contributed by atoms with Crippen LogP contribution in [-0.2, 0) is 0 Å².